The molecule has 1 aromatic carbocycles. The second-order valence-corrected chi connectivity index (χ2v) is 2.82. The highest BCUT2D eigenvalue weighted by atomic mass is 16.5. The van der Waals surface area contributed by atoms with Crippen molar-refractivity contribution >= 4 is 0 Å². The molecule has 0 atom stereocenters. The molecule has 0 saturated carbocycles. The van der Waals surface area contributed by atoms with E-state index in [1.54, 1.807) is 25.3 Å². The normalized spacial score (nSPS) is 9.21. The van der Waals surface area contributed by atoms with E-state index in [9.17, 15) is 0 Å². The SMILES string of the molecule is CCCOc1ccc(OC)cc1C#N. The summed E-state index contributed by atoms with van der Waals surface area (Å²) in [6.45, 7) is 2.65. The smallest absolute Gasteiger partial charge is 0.137 e. The molecule has 0 aliphatic heterocycles. The highest BCUT2D eigenvalue weighted by molar-refractivity contribution is 5.47. The molecule has 0 amide bonds. The molecule has 3 nitrogen and oxygen atoms in total. The first kappa shape index (κ1) is 10.4. The third-order valence-electron chi connectivity index (χ3n) is 1.77. The second-order valence-electron chi connectivity index (χ2n) is 2.82. The van der Waals surface area contributed by atoms with Gasteiger partial charge in [-0.2, -0.15) is 5.26 Å². The van der Waals surface area contributed by atoms with Gasteiger partial charge in [-0.05, 0) is 18.6 Å². The maximum atomic E-state index is 8.85. The lowest BCUT2D eigenvalue weighted by Gasteiger charge is -2.07. The van der Waals surface area contributed by atoms with E-state index in [2.05, 4.69) is 6.07 Å². The van der Waals surface area contributed by atoms with Gasteiger partial charge in [0.1, 0.15) is 17.6 Å². The number of rotatable bonds is 4. The summed E-state index contributed by atoms with van der Waals surface area (Å²) in [6.07, 6.45) is 0.927. The van der Waals surface area contributed by atoms with E-state index < -0.39 is 0 Å². The van der Waals surface area contributed by atoms with Gasteiger partial charge in [0.2, 0.25) is 0 Å². The van der Waals surface area contributed by atoms with Gasteiger partial charge in [0.25, 0.3) is 0 Å². The molecule has 0 heterocycles. The molecule has 0 aromatic heterocycles. The van der Waals surface area contributed by atoms with E-state index in [4.69, 9.17) is 14.7 Å². The Morgan fingerprint density at radius 2 is 2.21 bits per heavy atom. The van der Waals surface area contributed by atoms with Gasteiger partial charge in [-0.25, -0.2) is 0 Å². The van der Waals surface area contributed by atoms with Crippen LogP contribution in [0.2, 0.25) is 0 Å². The summed E-state index contributed by atoms with van der Waals surface area (Å²) in [5, 5.41) is 8.85. The topological polar surface area (TPSA) is 42.2 Å². The zero-order chi connectivity index (χ0) is 10.4. The van der Waals surface area contributed by atoms with Crippen LogP contribution in [-0.2, 0) is 0 Å². The van der Waals surface area contributed by atoms with Crippen LogP contribution in [0.15, 0.2) is 18.2 Å². The van der Waals surface area contributed by atoms with Gasteiger partial charge < -0.3 is 9.47 Å². The molecule has 0 bridgehead atoms. The zero-order valence-corrected chi connectivity index (χ0v) is 8.41. The Kier molecular flexibility index (Phi) is 3.81. The van der Waals surface area contributed by atoms with Crippen LogP contribution >= 0.6 is 0 Å². The van der Waals surface area contributed by atoms with Crippen molar-refractivity contribution in [1.82, 2.24) is 0 Å². The van der Waals surface area contributed by atoms with Crippen LogP contribution in [0.5, 0.6) is 11.5 Å². The van der Waals surface area contributed by atoms with Crippen molar-refractivity contribution in [2.45, 2.75) is 13.3 Å². The average molecular weight is 191 g/mol. The Morgan fingerprint density at radius 1 is 1.43 bits per heavy atom. The van der Waals surface area contributed by atoms with Gasteiger partial charge in [0, 0.05) is 6.07 Å². The summed E-state index contributed by atoms with van der Waals surface area (Å²) in [5.41, 5.74) is 0.512. The van der Waals surface area contributed by atoms with Crippen LogP contribution in [0, 0.1) is 11.3 Å². The molecule has 1 rings (SSSR count). The molecular formula is C11H13NO2. The van der Waals surface area contributed by atoms with Crippen molar-refractivity contribution < 1.29 is 9.47 Å². The van der Waals surface area contributed by atoms with E-state index in [0.717, 1.165) is 6.42 Å². The number of hydrogen-bond donors (Lipinski definition) is 0. The molecule has 0 aliphatic rings. The number of benzene rings is 1. The van der Waals surface area contributed by atoms with Crippen LogP contribution < -0.4 is 9.47 Å². The Balaban J connectivity index is 2.89. The minimum absolute atomic E-state index is 0.512. The average Bonchev–Trinajstić information content (AvgIpc) is 2.26. The molecule has 3 heteroatoms. The van der Waals surface area contributed by atoms with Crippen LogP contribution in [0.3, 0.4) is 0 Å². The van der Waals surface area contributed by atoms with Crippen molar-refractivity contribution in [3.8, 4) is 17.6 Å². The molecule has 74 valence electrons. The Labute approximate surface area is 83.9 Å². The molecular weight excluding hydrogens is 178 g/mol. The van der Waals surface area contributed by atoms with Crippen LogP contribution in [0.4, 0.5) is 0 Å². The van der Waals surface area contributed by atoms with Gasteiger partial charge in [0.15, 0.2) is 0 Å². The lowest BCUT2D eigenvalue weighted by molar-refractivity contribution is 0.315. The highest BCUT2D eigenvalue weighted by Gasteiger charge is 2.04. The zero-order valence-electron chi connectivity index (χ0n) is 8.41. The first-order valence-corrected chi connectivity index (χ1v) is 4.52. The minimum atomic E-state index is 0.512. The van der Waals surface area contributed by atoms with Crippen LogP contribution in [0.25, 0.3) is 0 Å². The van der Waals surface area contributed by atoms with Gasteiger partial charge in [-0.3, -0.25) is 0 Å². The Hall–Kier alpha value is -1.69. The number of hydrogen-bond acceptors (Lipinski definition) is 3. The van der Waals surface area contributed by atoms with Crippen LogP contribution in [-0.4, -0.2) is 13.7 Å². The monoisotopic (exact) mass is 191 g/mol. The van der Waals surface area contributed by atoms with Gasteiger partial charge >= 0.3 is 0 Å². The maximum absolute atomic E-state index is 8.85. The molecule has 0 spiro atoms. The van der Waals surface area contributed by atoms with E-state index in [1.165, 1.54) is 0 Å². The molecule has 0 radical (unpaired) electrons. The predicted octanol–water partition coefficient (Wildman–Crippen LogP) is 2.36. The third kappa shape index (κ3) is 2.40. The quantitative estimate of drug-likeness (QED) is 0.733. The van der Waals surface area contributed by atoms with Gasteiger partial charge in [0.05, 0.1) is 19.3 Å². The highest BCUT2D eigenvalue weighted by Crippen LogP contribution is 2.23. The summed E-state index contributed by atoms with van der Waals surface area (Å²) in [7, 11) is 1.57. The molecule has 0 unspecified atom stereocenters. The first-order chi connectivity index (χ1) is 6.81. The van der Waals surface area contributed by atoms with Crippen molar-refractivity contribution in [3.63, 3.8) is 0 Å². The summed E-state index contributed by atoms with van der Waals surface area (Å²) >= 11 is 0. The standard InChI is InChI=1S/C11H13NO2/c1-3-6-14-11-5-4-10(13-2)7-9(11)8-12/h4-5,7H,3,6H2,1-2H3. The summed E-state index contributed by atoms with van der Waals surface area (Å²) < 4.78 is 10.4. The molecule has 0 saturated heterocycles. The lowest BCUT2D eigenvalue weighted by Crippen LogP contribution is -1.97. The fourth-order valence-electron chi connectivity index (χ4n) is 1.06. The maximum Gasteiger partial charge on any atom is 0.137 e. The van der Waals surface area contributed by atoms with E-state index in [-0.39, 0.29) is 0 Å². The van der Waals surface area contributed by atoms with Crippen LogP contribution in [0.1, 0.15) is 18.9 Å². The molecule has 14 heavy (non-hydrogen) atoms. The predicted molar refractivity (Wildman–Crippen MR) is 53.5 cm³/mol. The van der Waals surface area contributed by atoms with Crippen molar-refractivity contribution in [3.05, 3.63) is 23.8 Å². The largest absolute Gasteiger partial charge is 0.497 e. The van der Waals surface area contributed by atoms with E-state index in [1.807, 2.05) is 6.92 Å². The second kappa shape index (κ2) is 5.13. The molecule has 0 N–H and O–H groups in total. The van der Waals surface area contributed by atoms with Gasteiger partial charge in [-0.1, -0.05) is 6.92 Å². The number of nitrogens with zero attached hydrogens (tertiary/aromatic N) is 1. The number of nitriles is 1. The third-order valence-corrected chi connectivity index (χ3v) is 1.77. The van der Waals surface area contributed by atoms with Crippen molar-refractivity contribution in [2.75, 3.05) is 13.7 Å². The van der Waals surface area contributed by atoms with Crippen molar-refractivity contribution in [1.29, 1.82) is 5.26 Å². The number of ether oxygens (including phenoxy) is 2. The molecule has 1 aromatic rings. The minimum Gasteiger partial charge on any atom is -0.497 e. The Morgan fingerprint density at radius 3 is 2.79 bits per heavy atom. The van der Waals surface area contributed by atoms with Crippen molar-refractivity contribution in [2.24, 2.45) is 0 Å². The van der Waals surface area contributed by atoms with Gasteiger partial charge in [-0.15, -0.1) is 0 Å². The molecule has 0 fully saturated rings. The fraction of sp³-hybridized carbons (Fsp3) is 0.364. The lowest BCUT2D eigenvalue weighted by atomic mass is 10.2. The first-order valence-electron chi connectivity index (χ1n) is 4.52. The molecule has 0 aliphatic carbocycles. The summed E-state index contributed by atoms with van der Waals surface area (Å²) in [4.78, 5) is 0. The van der Waals surface area contributed by atoms with E-state index in [0.29, 0.717) is 23.7 Å². The Bertz CT molecular complexity index is 342. The van der Waals surface area contributed by atoms with E-state index >= 15 is 0 Å². The number of methoxy groups -OCH3 is 1. The summed E-state index contributed by atoms with van der Waals surface area (Å²) in [6, 6.07) is 7.29. The summed E-state index contributed by atoms with van der Waals surface area (Å²) in [5.74, 6) is 1.29. The fourth-order valence-corrected chi connectivity index (χ4v) is 1.06.